The van der Waals surface area contributed by atoms with Gasteiger partial charge in [0, 0.05) is 24.0 Å². The van der Waals surface area contributed by atoms with Gasteiger partial charge in [0.2, 0.25) is 11.8 Å². The molecule has 120 valence electrons. The van der Waals surface area contributed by atoms with Gasteiger partial charge in [-0.25, -0.2) is 4.98 Å². The standard InChI is InChI=1S/C17H19N3O2S/c1-10-4-11(2)6-14(5-10)20-8-13(7-15(20)21)16(22)19-17-18-12(3)9-23-17/h4-6,9,13H,7-8H2,1-3H3,(H,18,19,22). The number of rotatable bonds is 3. The van der Waals surface area contributed by atoms with Crippen molar-refractivity contribution in [3.05, 3.63) is 40.4 Å². The van der Waals surface area contributed by atoms with Crippen molar-refractivity contribution in [2.45, 2.75) is 27.2 Å². The number of amides is 2. The van der Waals surface area contributed by atoms with Crippen molar-refractivity contribution in [1.82, 2.24) is 4.98 Å². The third kappa shape index (κ3) is 3.42. The zero-order valence-electron chi connectivity index (χ0n) is 13.4. The van der Waals surface area contributed by atoms with Gasteiger partial charge in [-0.3, -0.25) is 9.59 Å². The summed E-state index contributed by atoms with van der Waals surface area (Å²) in [6.45, 7) is 6.31. The second-order valence-corrected chi connectivity index (χ2v) is 6.89. The number of hydrogen-bond donors (Lipinski definition) is 1. The molecule has 5 nitrogen and oxygen atoms in total. The number of carbonyl (C=O) groups excluding carboxylic acids is 2. The van der Waals surface area contributed by atoms with Gasteiger partial charge >= 0.3 is 0 Å². The Morgan fingerprint density at radius 2 is 1.96 bits per heavy atom. The van der Waals surface area contributed by atoms with E-state index in [2.05, 4.69) is 16.4 Å². The van der Waals surface area contributed by atoms with Crippen molar-refractivity contribution in [3.8, 4) is 0 Å². The molecule has 1 aromatic carbocycles. The first-order chi connectivity index (χ1) is 10.9. The molecule has 0 saturated carbocycles. The van der Waals surface area contributed by atoms with Crippen LogP contribution in [0.15, 0.2) is 23.6 Å². The van der Waals surface area contributed by atoms with E-state index in [0.29, 0.717) is 11.7 Å². The number of carbonyl (C=O) groups is 2. The third-order valence-electron chi connectivity index (χ3n) is 3.86. The molecule has 1 aromatic heterocycles. The van der Waals surface area contributed by atoms with E-state index in [0.717, 1.165) is 22.5 Å². The van der Waals surface area contributed by atoms with Crippen LogP contribution in [0.2, 0.25) is 0 Å². The number of aryl methyl sites for hydroxylation is 3. The quantitative estimate of drug-likeness (QED) is 0.941. The van der Waals surface area contributed by atoms with Crippen molar-refractivity contribution >= 4 is 34.0 Å². The molecule has 1 unspecified atom stereocenters. The zero-order chi connectivity index (χ0) is 16.6. The zero-order valence-corrected chi connectivity index (χ0v) is 14.2. The summed E-state index contributed by atoms with van der Waals surface area (Å²) < 4.78 is 0. The van der Waals surface area contributed by atoms with Crippen molar-refractivity contribution in [3.63, 3.8) is 0 Å². The van der Waals surface area contributed by atoms with E-state index in [1.807, 2.05) is 38.3 Å². The molecule has 1 fully saturated rings. The lowest BCUT2D eigenvalue weighted by atomic mass is 10.1. The summed E-state index contributed by atoms with van der Waals surface area (Å²) in [6.07, 6.45) is 0.239. The first-order valence-corrected chi connectivity index (χ1v) is 8.42. The van der Waals surface area contributed by atoms with E-state index in [-0.39, 0.29) is 24.2 Å². The number of nitrogens with zero attached hydrogens (tertiary/aromatic N) is 2. The summed E-state index contributed by atoms with van der Waals surface area (Å²) in [4.78, 5) is 30.6. The van der Waals surface area contributed by atoms with Gasteiger partial charge < -0.3 is 10.2 Å². The number of aromatic nitrogens is 1. The topological polar surface area (TPSA) is 62.3 Å². The molecule has 1 aliphatic heterocycles. The Balaban J connectivity index is 1.72. The first kappa shape index (κ1) is 15.7. The molecule has 1 atom stereocenters. The molecule has 3 rings (SSSR count). The molecule has 0 bridgehead atoms. The van der Waals surface area contributed by atoms with Gasteiger partial charge in [-0.15, -0.1) is 11.3 Å². The van der Waals surface area contributed by atoms with Gasteiger partial charge in [-0.1, -0.05) is 6.07 Å². The van der Waals surface area contributed by atoms with Crippen LogP contribution < -0.4 is 10.2 Å². The smallest absolute Gasteiger partial charge is 0.231 e. The highest BCUT2D eigenvalue weighted by atomic mass is 32.1. The minimum Gasteiger partial charge on any atom is -0.312 e. The van der Waals surface area contributed by atoms with Gasteiger partial charge in [0.05, 0.1) is 11.6 Å². The molecule has 6 heteroatoms. The van der Waals surface area contributed by atoms with Gasteiger partial charge in [-0.2, -0.15) is 0 Å². The van der Waals surface area contributed by atoms with Crippen molar-refractivity contribution in [2.24, 2.45) is 5.92 Å². The van der Waals surface area contributed by atoms with E-state index >= 15 is 0 Å². The molecule has 0 radical (unpaired) electrons. The molecule has 23 heavy (non-hydrogen) atoms. The highest BCUT2D eigenvalue weighted by molar-refractivity contribution is 7.13. The Bertz CT molecular complexity index is 749. The minimum atomic E-state index is -0.340. The summed E-state index contributed by atoms with van der Waals surface area (Å²) in [7, 11) is 0. The van der Waals surface area contributed by atoms with E-state index < -0.39 is 0 Å². The van der Waals surface area contributed by atoms with Gasteiger partial charge in [-0.05, 0) is 44.0 Å². The summed E-state index contributed by atoms with van der Waals surface area (Å²) in [5, 5.41) is 5.28. The van der Waals surface area contributed by atoms with Crippen LogP contribution >= 0.6 is 11.3 Å². The number of thiazole rings is 1. The maximum absolute atomic E-state index is 12.4. The number of anilines is 2. The van der Waals surface area contributed by atoms with E-state index in [9.17, 15) is 9.59 Å². The fraction of sp³-hybridized carbons (Fsp3) is 0.353. The van der Waals surface area contributed by atoms with E-state index in [1.165, 1.54) is 11.3 Å². The molecule has 1 N–H and O–H groups in total. The Hall–Kier alpha value is -2.21. The Morgan fingerprint density at radius 3 is 2.57 bits per heavy atom. The second-order valence-electron chi connectivity index (χ2n) is 6.03. The molecule has 0 spiro atoms. The number of hydrogen-bond acceptors (Lipinski definition) is 4. The highest BCUT2D eigenvalue weighted by Crippen LogP contribution is 2.28. The lowest BCUT2D eigenvalue weighted by Crippen LogP contribution is -2.28. The first-order valence-electron chi connectivity index (χ1n) is 7.54. The van der Waals surface area contributed by atoms with Crippen molar-refractivity contribution in [2.75, 3.05) is 16.8 Å². The van der Waals surface area contributed by atoms with Gasteiger partial charge in [0.25, 0.3) is 0 Å². The maximum Gasteiger partial charge on any atom is 0.231 e. The van der Waals surface area contributed by atoms with Crippen LogP contribution in [-0.4, -0.2) is 23.3 Å². The van der Waals surface area contributed by atoms with Crippen molar-refractivity contribution in [1.29, 1.82) is 0 Å². The summed E-state index contributed by atoms with van der Waals surface area (Å²) in [5.41, 5.74) is 3.97. The summed E-state index contributed by atoms with van der Waals surface area (Å²) >= 11 is 1.40. The van der Waals surface area contributed by atoms with Crippen LogP contribution in [0.25, 0.3) is 0 Å². The maximum atomic E-state index is 12.4. The predicted octanol–water partition coefficient (Wildman–Crippen LogP) is 3.06. The molecule has 1 saturated heterocycles. The predicted molar refractivity (Wildman–Crippen MR) is 91.9 cm³/mol. The molecule has 2 heterocycles. The molecular weight excluding hydrogens is 310 g/mol. The fourth-order valence-corrected chi connectivity index (χ4v) is 3.55. The van der Waals surface area contributed by atoms with Gasteiger partial charge in [0.1, 0.15) is 0 Å². The Labute approximate surface area is 139 Å². The van der Waals surface area contributed by atoms with Crippen LogP contribution in [0.5, 0.6) is 0 Å². The highest BCUT2D eigenvalue weighted by Gasteiger charge is 2.35. The summed E-state index contributed by atoms with van der Waals surface area (Å²) in [5.74, 6) is -0.488. The normalized spacial score (nSPS) is 17.6. The van der Waals surface area contributed by atoms with Crippen LogP contribution in [0.4, 0.5) is 10.8 Å². The Kier molecular flexibility index (Phi) is 4.17. The molecular formula is C17H19N3O2S. The monoisotopic (exact) mass is 329 g/mol. The number of benzene rings is 1. The molecule has 0 aliphatic carbocycles. The largest absolute Gasteiger partial charge is 0.312 e. The van der Waals surface area contributed by atoms with Crippen LogP contribution in [0.1, 0.15) is 23.2 Å². The third-order valence-corrected chi connectivity index (χ3v) is 4.74. The average Bonchev–Trinajstić information content (AvgIpc) is 3.04. The molecule has 2 aromatic rings. The van der Waals surface area contributed by atoms with E-state index in [1.54, 1.807) is 4.90 Å². The summed E-state index contributed by atoms with van der Waals surface area (Å²) in [6, 6.07) is 6.03. The van der Waals surface area contributed by atoms with E-state index in [4.69, 9.17) is 0 Å². The molecule has 2 amide bonds. The second kappa shape index (κ2) is 6.12. The average molecular weight is 329 g/mol. The van der Waals surface area contributed by atoms with Crippen LogP contribution in [0, 0.1) is 26.7 Å². The lowest BCUT2D eigenvalue weighted by molar-refractivity contribution is -0.122. The lowest BCUT2D eigenvalue weighted by Gasteiger charge is -2.18. The SMILES string of the molecule is Cc1cc(C)cc(N2CC(C(=O)Nc3nc(C)cs3)CC2=O)c1. The van der Waals surface area contributed by atoms with Crippen LogP contribution in [-0.2, 0) is 9.59 Å². The minimum absolute atomic E-state index is 0.00882. The van der Waals surface area contributed by atoms with Crippen molar-refractivity contribution < 1.29 is 9.59 Å². The fourth-order valence-electron chi connectivity index (χ4n) is 2.86. The van der Waals surface area contributed by atoms with Gasteiger partial charge in [0.15, 0.2) is 5.13 Å². The van der Waals surface area contributed by atoms with Crippen LogP contribution in [0.3, 0.4) is 0 Å². The Morgan fingerprint density at radius 1 is 1.26 bits per heavy atom. The molecule has 1 aliphatic rings. The number of nitrogens with one attached hydrogen (secondary N) is 1.